The average molecular weight is 286 g/mol. The van der Waals surface area contributed by atoms with Gasteiger partial charge in [-0.3, -0.25) is 4.79 Å². The van der Waals surface area contributed by atoms with Gasteiger partial charge in [-0.1, -0.05) is 47.0 Å². The molecule has 0 aromatic rings. The van der Waals surface area contributed by atoms with E-state index in [1.54, 1.807) is 0 Å². The van der Waals surface area contributed by atoms with Gasteiger partial charge >= 0.3 is 12.0 Å². The molecule has 5 heteroatoms. The van der Waals surface area contributed by atoms with Crippen LogP contribution in [0.2, 0.25) is 0 Å². The number of hydrogen-bond acceptors (Lipinski definition) is 2. The minimum absolute atomic E-state index is 0.0432. The van der Waals surface area contributed by atoms with Crippen molar-refractivity contribution in [2.75, 3.05) is 0 Å². The SMILES string of the molecule is CCCCC(CCC)NC(=O)NC(CC(=O)O)C(C)C. The second-order valence-electron chi connectivity index (χ2n) is 5.69. The fraction of sp³-hybridized carbons (Fsp3) is 0.867. The normalized spacial score (nSPS) is 13.8. The summed E-state index contributed by atoms with van der Waals surface area (Å²) in [6.45, 7) is 8.05. The Labute approximate surface area is 122 Å². The predicted molar refractivity (Wildman–Crippen MR) is 80.8 cm³/mol. The highest BCUT2D eigenvalue weighted by Crippen LogP contribution is 2.08. The monoisotopic (exact) mass is 286 g/mol. The fourth-order valence-corrected chi connectivity index (χ4v) is 2.12. The first kappa shape index (κ1) is 18.7. The van der Waals surface area contributed by atoms with Gasteiger partial charge in [-0.25, -0.2) is 4.79 Å². The summed E-state index contributed by atoms with van der Waals surface area (Å²) in [5, 5.41) is 14.6. The molecule has 0 radical (unpaired) electrons. The average Bonchev–Trinajstić information content (AvgIpc) is 2.34. The Hall–Kier alpha value is -1.26. The van der Waals surface area contributed by atoms with E-state index in [2.05, 4.69) is 24.5 Å². The maximum Gasteiger partial charge on any atom is 0.315 e. The van der Waals surface area contributed by atoms with Crippen LogP contribution in [0.25, 0.3) is 0 Å². The Morgan fingerprint density at radius 3 is 2.15 bits per heavy atom. The van der Waals surface area contributed by atoms with E-state index in [0.717, 1.165) is 32.1 Å². The summed E-state index contributed by atoms with van der Waals surface area (Å²) in [5.41, 5.74) is 0. The molecule has 0 aromatic heterocycles. The van der Waals surface area contributed by atoms with Crippen LogP contribution in [0.3, 0.4) is 0 Å². The van der Waals surface area contributed by atoms with Crippen molar-refractivity contribution >= 4 is 12.0 Å². The van der Waals surface area contributed by atoms with Crippen molar-refractivity contribution in [3.8, 4) is 0 Å². The fourth-order valence-electron chi connectivity index (χ4n) is 2.12. The maximum absolute atomic E-state index is 12.0. The molecule has 2 atom stereocenters. The van der Waals surface area contributed by atoms with Crippen LogP contribution in [0.1, 0.15) is 66.2 Å². The molecule has 5 nitrogen and oxygen atoms in total. The molecule has 118 valence electrons. The molecule has 0 aromatic carbocycles. The van der Waals surface area contributed by atoms with Crippen molar-refractivity contribution in [1.82, 2.24) is 10.6 Å². The molecular formula is C15H30N2O3. The molecule has 0 spiro atoms. The van der Waals surface area contributed by atoms with Gasteiger partial charge in [-0.15, -0.1) is 0 Å². The summed E-state index contributed by atoms with van der Waals surface area (Å²) >= 11 is 0. The van der Waals surface area contributed by atoms with Crippen molar-refractivity contribution < 1.29 is 14.7 Å². The lowest BCUT2D eigenvalue weighted by Gasteiger charge is -2.24. The van der Waals surface area contributed by atoms with Gasteiger partial charge < -0.3 is 15.7 Å². The van der Waals surface area contributed by atoms with Crippen LogP contribution in [0.15, 0.2) is 0 Å². The van der Waals surface area contributed by atoms with Crippen LogP contribution in [-0.2, 0) is 4.79 Å². The number of carboxylic acid groups (broad SMARTS) is 1. The molecule has 0 aliphatic carbocycles. The third-order valence-electron chi connectivity index (χ3n) is 3.39. The number of unbranched alkanes of at least 4 members (excludes halogenated alkanes) is 1. The second-order valence-corrected chi connectivity index (χ2v) is 5.69. The van der Waals surface area contributed by atoms with Crippen LogP contribution < -0.4 is 10.6 Å². The summed E-state index contributed by atoms with van der Waals surface area (Å²) in [4.78, 5) is 22.8. The highest BCUT2D eigenvalue weighted by molar-refractivity contribution is 5.76. The molecule has 0 fully saturated rings. The van der Waals surface area contributed by atoms with Gasteiger partial charge in [0.2, 0.25) is 0 Å². The van der Waals surface area contributed by atoms with E-state index in [-0.39, 0.29) is 30.5 Å². The summed E-state index contributed by atoms with van der Waals surface area (Å²) in [6.07, 6.45) is 5.11. The number of urea groups is 1. The van der Waals surface area contributed by atoms with Crippen molar-refractivity contribution in [3.63, 3.8) is 0 Å². The number of carboxylic acids is 1. The molecule has 20 heavy (non-hydrogen) atoms. The Kier molecular flexibility index (Phi) is 9.86. The van der Waals surface area contributed by atoms with E-state index in [9.17, 15) is 9.59 Å². The third kappa shape index (κ3) is 8.77. The molecule has 3 N–H and O–H groups in total. The van der Waals surface area contributed by atoms with Crippen LogP contribution in [0.4, 0.5) is 4.79 Å². The summed E-state index contributed by atoms with van der Waals surface area (Å²) in [5.74, 6) is -0.794. The number of carbonyl (C=O) groups is 2. The molecular weight excluding hydrogens is 256 g/mol. The van der Waals surface area contributed by atoms with E-state index in [1.807, 2.05) is 13.8 Å². The van der Waals surface area contributed by atoms with E-state index in [4.69, 9.17) is 5.11 Å². The Balaban J connectivity index is 4.35. The van der Waals surface area contributed by atoms with Crippen molar-refractivity contribution in [3.05, 3.63) is 0 Å². The standard InChI is InChI=1S/C15H30N2O3/c1-5-7-9-12(8-6-2)16-15(20)17-13(11(3)4)10-14(18)19/h11-13H,5-10H2,1-4H3,(H,18,19)(H2,16,17,20). The van der Waals surface area contributed by atoms with Crippen molar-refractivity contribution in [2.24, 2.45) is 5.92 Å². The Bertz CT molecular complexity index is 293. The number of amides is 2. The lowest BCUT2D eigenvalue weighted by Crippen LogP contribution is -2.48. The highest BCUT2D eigenvalue weighted by atomic mass is 16.4. The van der Waals surface area contributed by atoms with Gasteiger partial charge in [0.05, 0.1) is 6.42 Å². The van der Waals surface area contributed by atoms with Crippen LogP contribution in [0, 0.1) is 5.92 Å². The van der Waals surface area contributed by atoms with Crippen LogP contribution in [-0.4, -0.2) is 29.2 Å². The Morgan fingerprint density at radius 2 is 1.70 bits per heavy atom. The highest BCUT2D eigenvalue weighted by Gasteiger charge is 2.20. The predicted octanol–water partition coefficient (Wildman–Crippen LogP) is 3.14. The van der Waals surface area contributed by atoms with Crippen LogP contribution >= 0.6 is 0 Å². The molecule has 2 amide bonds. The number of carbonyl (C=O) groups excluding carboxylic acids is 1. The number of aliphatic carboxylic acids is 1. The zero-order chi connectivity index (χ0) is 15.5. The minimum atomic E-state index is -0.889. The number of rotatable bonds is 10. The van der Waals surface area contributed by atoms with Gasteiger partial charge in [-0.2, -0.15) is 0 Å². The zero-order valence-corrected chi connectivity index (χ0v) is 13.2. The molecule has 0 bridgehead atoms. The van der Waals surface area contributed by atoms with Gasteiger partial charge in [0, 0.05) is 12.1 Å². The van der Waals surface area contributed by atoms with Crippen LogP contribution in [0.5, 0.6) is 0 Å². The summed E-state index contributed by atoms with van der Waals surface area (Å²) < 4.78 is 0. The maximum atomic E-state index is 12.0. The van der Waals surface area contributed by atoms with Gasteiger partial charge in [-0.05, 0) is 18.8 Å². The number of nitrogens with one attached hydrogen (secondary N) is 2. The number of hydrogen-bond donors (Lipinski definition) is 3. The smallest absolute Gasteiger partial charge is 0.315 e. The van der Waals surface area contributed by atoms with Crippen molar-refractivity contribution in [1.29, 1.82) is 0 Å². The van der Waals surface area contributed by atoms with Crippen molar-refractivity contribution in [2.45, 2.75) is 78.3 Å². The topological polar surface area (TPSA) is 78.4 Å². The third-order valence-corrected chi connectivity index (χ3v) is 3.39. The second kappa shape index (κ2) is 10.5. The van der Waals surface area contributed by atoms with E-state index < -0.39 is 5.97 Å². The van der Waals surface area contributed by atoms with Gasteiger partial charge in [0.1, 0.15) is 0 Å². The van der Waals surface area contributed by atoms with Gasteiger partial charge in [0.15, 0.2) is 0 Å². The lowest BCUT2D eigenvalue weighted by atomic mass is 10.0. The largest absolute Gasteiger partial charge is 0.481 e. The molecule has 0 heterocycles. The first-order valence-corrected chi connectivity index (χ1v) is 7.69. The van der Waals surface area contributed by atoms with Gasteiger partial charge in [0.25, 0.3) is 0 Å². The molecule has 0 aliphatic rings. The summed E-state index contributed by atoms with van der Waals surface area (Å²) in [6, 6.07) is -0.405. The molecule has 2 unspecified atom stereocenters. The molecule has 0 rings (SSSR count). The molecule has 0 aliphatic heterocycles. The van der Waals surface area contributed by atoms with E-state index >= 15 is 0 Å². The first-order chi connectivity index (χ1) is 9.40. The first-order valence-electron chi connectivity index (χ1n) is 7.69. The molecule has 0 saturated heterocycles. The van der Waals surface area contributed by atoms with E-state index in [0.29, 0.717) is 0 Å². The lowest BCUT2D eigenvalue weighted by molar-refractivity contribution is -0.137. The zero-order valence-electron chi connectivity index (χ0n) is 13.2. The summed E-state index contributed by atoms with van der Waals surface area (Å²) in [7, 11) is 0. The van der Waals surface area contributed by atoms with E-state index in [1.165, 1.54) is 0 Å². The Morgan fingerprint density at radius 1 is 1.05 bits per heavy atom. The molecule has 0 saturated carbocycles. The minimum Gasteiger partial charge on any atom is -0.481 e. The quantitative estimate of drug-likeness (QED) is 0.577.